The Morgan fingerprint density at radius 2 is 1.86 bits per heavy atom. The number of halogens is 1. The standard InChI is InChI=1S/C25H24FN7O2/c26-21-11-5-4-10-20(21)25-29-31-33(30-25)16-24(35)32(15-23(34)28-18-8-2-3-9-18)19-13-17-7-1-6-12-22(17)27-14-19/h1,4-7,10-14,18H,2-3,8-9,15-16H2,(H,28,34). The summed E-state index contributed by atoms with van der Waals surface area (Å²) < 4.78 is 14.1. The molecule has 2 heterocycles. The molecule has 35 heavy (non-hydrogen) atoms. The van der Waals surface area contributed by atoms with Gasteiger partial charge in [0.2, 0.25) is 11.7 Å². The van der Waals surface area contributed by atoms with E-state index < -0.39 is 11.7 Å². The van der Waals surface area contributed by atoms with Gasteiger partial charge in [-0.3, -0.25) is 19.5 Å². The maximum Gasteiger partial charge on any atom is 0.251 e. The molecule has 9 nitrogen and oxygen atoms in total. The van der Waals surface area contributed by atoms with Crippen molar-refractivity contribution in [1.29, 1.82) is 0 Å². The number of para-hydroxylation sites is 1. The molecule has 10 heteroatoms. The van der Waals surface area contributed by atoms with E-state index in [1.807, 2.05) is 30.3 Å². The fourth-order valence-electron chi connectivity index (χ4n) is 4.28. The van der Waals surface area contributed by atoms with Crippen LogP contribution in [-0.4, -0.2) is 49.6 Å². The number of nitrogens with zero attached hydrogens (tertiary/aromatic N) is 6. The van der Waals surface area contributed by atoms with Crippen LogP contribution in [-0.2, 0) is 16.1 Å². The summed E-state index contributed by atoms with van der Waals surface area (Å²) in [5.41, 5.74) is 1.47. The van der Waals surface area contributed by atoms with Crippen molar-refractivity contribution in [2.75, 3.05) is 11.4 Å². The van der Waals surface area contributed by atoms with E-state index in [1.165, 1.54) is 11.0 Å². The third-order valence-corrected chi connectivity index (χ3v) is 6.06. The zero-order valence-corrected chi connectivity index (χ0v) is 19.0. The molecule has 1 saturated carbocycles. The van der Waals surface area contributed by atoms with Gasteiger partial charge >= 0.3 is 0 Å². The smallest absolute Gasteiger partial charge is 0.251 e. The Bertz CT molecular complexity index is 1370. The molecule has 0 spiro atoms. The van der Waals surface area contributed by atoms with Crippen LogP contribution in [0.15, 0.2) is 60.8 Å². The maximum atomic E-state index is 14.1. The summed E-state index contributed by atoms with van der Waals surface area (Å²) in [6.07, 6.45) is 5.63. The third-order valence-electron chi connectivity index (χ3n) is 6.06. The molecular formula is C25H24FN7O2. The SMILES string of the molecule is O=C(CN(C(=O)Cn1nnc(-c2ccccc2F)n1)c1cnc2ccccc2c1)NC1CCCC1. The number of rotatable bonds is 7. The normalized spacial score (nSPS) is 13.7. The van der Waals surface area contributed by atoms with Gasteiger partial charge in [0.25, 0.3) is 5.91 Å². The van der Waals surface area contributed by atoms with E-state index in [0.29, 0.717) is 5.69 Å². The first-order valence-corrected chi connectivity index (χ1v) is 11.5. The molecule has 5 rings (SSSR count). The molecule has 0 unspecified atom stereocenters. The molecule has 2 aromatic carbocycles. The lowest BCUT2D eigenvalue weighted by molar-refractivity contribution is -0.124. The van der Waals surface area contributed by atoms with Crippen LogP contribution in [0.1, 0.15) is 25.7 Å². The van der Waals surface area contributed by atoms with Gasteiger partial charge in [-0.05, 0) is 42.3 Å². The van der Waals surface area contributed by atoms with Crippen molar-refractivity contribution in [2.45, 2.75) is 38.3 Å². The molecule has 1 aliphatic carbocycles. The Labute approximate surface area is 201 Å². The number of anilines is 1. The summed E-state index contributed by atoms with van der Waals surface area (Å²) in [5.74, 6) is -1.06. The minimum Gasteiger partial charge on any atom is -0.352 e. The molecule has 0 saturated heterocycles. The Morgan fingerprint density at radius 1 is 1.09 bits per heavy atom. The summed E-state index contributed by atoms with van der Waals surface area (Å²) in [5, 5.41) is 15.8. The van der Waals surface area contributed by atoms with Crippen molar-refractivity contribution in [1.82, 2.24) is 30.5 Å². The van der Waals surface area contributed by atoms with Gasteiger partial charge in [0.05, 0.1) is 23.0 Å². The van der Waals surface area contributed by atoms with Crippen LogP contribution >= 0.6 is 0 Å². The largest absolute Gasteiger partial charge is 0.352 e. The fraction of sp³-hybridized carbons (Fsp3) is 0.280. The summed E-state index contributed by atoms with van der Waals surface area (Å²) in [4.78, 5) is 33.1. The van der Waals surface area contributed by atoms with Gasteiger partial charge in [-0.15, -0.1) is 10.2 Å². The van der Waals surface area contributed by atoms with Crippen molar-refractivity contribution >= 4 is 28.4 Å². The van der Waals surface area contributed by atoms with E-state index in [-0.39, 0.29) is 36.4 Å². The molecule has 2 amide bonds. The van der Waals surface area contributed by atoms with Crippen molar-refractivity contribution in [3.8, 4) is 11.4 Å². The van der Waals surface area contributed by atoms with E-state index in [2.05, 4.69) is 25.7 Å². The van der Waals surface area contributed by atoms with E-state index in [4.69, 9.17) is 0 Å². The van der Waals surface area contributed by atoms with Crippen LogP contribution in [0.4, 0.5) is 10.1 Å². The average Bonchev–Trinajstić information content (AvgIpc) is 3.55. The van der Waals surface area contributed by atoms with Gasteiger partial charge in [0, 0.05) is 11.4 Å². The van der Waals surface area contributed by atoms with Crippen molar-refractivity contribution in [3.05, 3.63) is 66.6 Å². The monoisotopic (exact) mass is 473 g/mol. The molecule has 1 fully saturated rings. The van der Waals surface area contributed by atoms with E-state index in [9.17, 15) is 14.0 Å². The van der Waals surface area contributed by atoms with Gasteiger partial charge in [0.15, 0.2) is 0 Å². The van der Waals surface area contributed by atoms with Gasteiger partial charge < -0.3 is 5.32 Å². The molecule has 0 atom stereocenters. The number of tetrazole rings is 1. The molecule has 2 aromatic heterocycles. The number of aromatic nitrogens is 5. The highest BCUT2D eigenvalue weighted by Crippen LogP contribution is 2.22. The number of benzene rings is 2. The Balaban J connectivity index is 1.38. The van der Waals surface area contributed by atoms with Crippen LogP contribution < -0.4 is 10.2 Å². The third kappa shape index (κ3) is 5.16. The van der Waals surface area contributed by atoms with Crippen LogP contribution in [0.3, 0.4) is 0 Å². The van der Waals surface area contributed by atoms with Crippen molar-refractivity contribution in [2.24, 2.45) is 0 Å². The molecule has 0 radical (unpaired) electrons. The molecule has 0 bridgehead atoms. The number of carbonyl (C=O) groups excluding carboxylic acids is 2. The zero-order chi connectivity index (χ0) is 24.2. The highest BCUT2D eigenvalue weighted by Gasteiger charge is 2.24. The lowest BCUT2D eigenvalue weighted by Gasteiger charge is -2.23. The highest BCUT2D eigenvalue weighted by molar-refractivity contribution is 5.99. The van der Waals surface area contributed by atoms with Crippen LogP contribution in [0.25, 0.3) is 22.3 Å². The Hall–Kier alpha value is -4.21. The molecular weight excluding hydrogens is 449 g/mol. The van der Waals surface area contributed by atoms with E-state index in [1.54, 1.807) is 24.4 Å². The number of amides is 2. The summed E-state index contributed by atoms with van der Waals surface area (Å²) in [7, 11) is 0. The number of hydrogen-bond donors (Lipinski definition) is 1. The summed E-state index contributed by atoms with van der Waals surface area (Å²) in [6.45, 7) is -0.435. The molecule has 1 N–H and O–H groups in total. The number of hydrogen-bond acceptors (Lipinski definition) is 6. The zero-order valence-electron chi connectivity index (χ0n) is 19.0. The first-order valence-electron chi connectivity index (χ1n) is 11.5. The van der Waals surface area contributed by atoms with Gasteiger partial charge in [-0.1, -0.05) is 43.2 Å². The van der Waals surface area contributed by atoms with E-state index in [0.717, 1.165) is 41.4 Å². The van der Waals surface area contributed by atoms with Crippen molar-refractivity contribution < 1.29 is 14.0 Å². The number of pyridine rings is 1. The number of fused-ring (bicyclic) bond motifs is 1. The Kier molecular flexibility index (Phi) is 6.42. The molecule has 4 aromatic rings. The van der Waals surface area contributed by atoms with Crippen LogP contribution in [0, 0.1) is 5.82 Å². The lowest BCUT2D eigenvalue weighted by atomic mass is 10.2. The van der Waals surface area contributed by atoms with Crippen LogP contribution in [0.5, 0.6) is 0 Å². The lowest BCUT2D eigenvalue weighted by Crippen LogP contribution is -2.45. The second kappa shape index (κ2) is 9.96. The summed E-state index contributed by atoms with van der Waals surface area (Å²) >= 11 is 0. The minimum absolute atomic E-state index is 0.0776. The predicted molar refractivity (Wildman–Crippen MR) is 128 cm³/mol. The topological polar surface area (TPSA) is 106 Å². The van der Waals surface area contributed by atoms with Gasteiger partial charge in [-0.2, -0.15) is 4.80 Å². The minimum atomic E-state index is -0.481. The fourth-order valence-corrected chi connectivity index (χ4v) is 4.28. The first-order chi connectivity index (χ1) is 17.1. The van der Waals surface area contributed by atoms with Crippen LogP contribution in [0.2, 0.25) is 0 Å². The maximum absolute atomic E-state index is 14.1. The van der Waals surface area contributed by atoms with E-state index >= 15 is 0 Å². The average molecular weight is 474 g/mol. The molecule has 0 aliphatic heterocycles. The number of carbonyl (C=O) groups is 2. The summed E-state index contributed by atoms with van der Waals surface area (Å²) in [6, 6.07) is 15.6. The van der Waals surface area contributed by atoms with Gasteiger partial charge in [0.1, 0.15) is 18.9 Å². The second-order valence-electron chi connectivity index (χ2n) is 8.54. The molecule has 178 valence electrons. The molecule has 1 aliphatic rings. The Morgan fingerprint density at radius 3 is 2.69 bits per heavy atom. The first kappa shape index (κ1) is 22.6. The quantitative estimate of drug-likeness (QED) is 0.442. The second-order valence-corrected chi connectivity index (χ2v) is 8.54. The van der Waals surface area contributed by atoms with Crippen molar-refractivity contribution in [3.63, 3.8) is 0 Å². The highest BCUT2D eigenvalue weighted by atomic mass is 19.1. The van der Waals surface area contributed by atoms with Gasteiger partial charge in [-0.25, -0.2) is 4.39 Å². The number of nitrogens with one attached hydrogen (secondary N) is 1. The predicted octanol–water partition coefficient (Wildman–Crippen LogP) is 3.12.